The number of rotatable bonds is 4. The van der Waals surface area contributed by atoms with E-state index in [0.717, 1.165) is 24.7 Å². The topological polar surface area (TPSA) is 15.3 Å². The van der Waals surface area contributed by atoms with Crippen LogP contribution in [-0.4, -0.2) is 36.6 Å². The maximum Gasteiger partial charge on any atom is 0.0249 e. The molecule has 0 saturated heterocycles. The number of hydrogen-bond acceptors (Lipinski definition) is 2. The van der Waals surface area contributed by atoms with E-state index in [9.17, 15) is 0 Å². The first-order chi connectivity index (χ1) is 7.33. The van der Waals surface area contributed by atoms with Gasteiger partial charge in [-0.15, -0.1) is 0 Å². The fourth-order valence-electron chi connectivity index (χ4n) is 3.51. The van der Waals surface area contributed by atoms with E-state index in [-0.39, 0.29) is 0 Å². The quantitative estimate of drug-likeness (QED) is 0.766. The molecule has 2 aliphatic carbocycles. The van der Waals surface area contributed by atoms with Gasteiger partial charge in [0.25, 0.3) is 0 Å². The number of nitrogens with zero attached hydrogens (tertiary/aromatic N) is 1. The molecule has 0 amide bonds. The predicted molar refractivity (Wildman–Crippen MR) is 65.1 cm³/mol. The fraction of sp³-hybridized carbons (Fsp3) is 1.00. The second-order valence-electron chi connectivity index (χ2n) is 5.27. The first-order valence-electron chi connectivity index (χ1n) is 6.78. The minimum atomic E-state index is 0.764. The summed E-state index contributed by atoms with van der Waals surface area (Å²) in [5, 5.41) is 3.66. The third-order valence-corrected chi connectivity index (χ3v) is 4.37. The number of nitrogens with one attached hydrogen (secondary N) is 1. The van der Waals surface area contributed by atoms with Crippen LogP contribution in [0.25, 0.3) is 0 Å². The smallest absolute Gasteiger partial charge is 0.0249 e. The molecule has 0 bridgehead atoms. The summed E-state index contributed by atoms with van der Waals surface area (Å²) in [6.45, 7) is 3.35. The minimum Gasteiger partial charge on any atom is -0.313 e. The molecule has 0 radical (unpaired) electrons. The van der Waals surface area contributed by atoms with Crippen molar-refractivity contribution in [3.8, 4) is 0 Å². The van der Waals surface area contributed by atoms with Crippen LogP contribution < -0.4 is 5.32 Å². The Kier molecular flexibility index (Phi) is 4.04. The van der Waals surface area contributed by atoms with Crippen LogP contribution >= 0.6 is 0 Å². The lowest BCUT2D eigenvalue weighted by Crippen LogP contribution is -2.48. The highest BCUT2D eigenvalue weighted by Gasteiger charge is 2.33. The van der Waals surface area contributed by atoms with Gasteiger partial charge in [-0.2, -0.15) is 0 Å². The summed E-state index contributed by atoms with van der Waals surface area (Å²) < 4.78 is 0. The van der Waals surface area contributed by atoms with Crippen molar-refractivity contribution in [1.29, 1.82) is 0 Å². The van der Waals surface area contributed by atoms with Crippen molar-refractivity contribution in [2.75, 3.05) is 13.6 Å². The van der Waals surface area contributed by atoms with Gasteiger partial charge in [-0.25, -0.2) is 0 Å². The molecule has 88 valence electrons. The maximum atomic E-state index is 3.66. The Balaban J connectivity index is 1.89. The van der Waals surface area contributed by atoms with Crippen molar-refractivity contribution in [1.82, 2.24) is 10.2 Å². The van der Waals surface area contributed by atoms with E-state index in [1.165, 1.54) is 44.9 Å². The second kappa shape index (κ2) is 5.31. The van der Waals surface area contributed by atoms with E-state index < -0.39 is 0 Å². The van der Waals surface area contributed by atoms with Crippen molar-refractivity contribution < 1.29 is 0 Å². The summed E-state index contributed by atoms with van der Waals surface area (Å²) in [5.74, 6) is 0. The molecule has 2 rings (SSSR count). The molecular weight excluding hydrogens is 184 g/mol. The summed E-state index contributed by atoms with van der Waals surface area (Å²) in [6, 6.07) is 2.46. The van der Waals surface area contributed by atoms with Gasteiger partial charge in [-0.3, -0.25) is 4.90 Å². The predicted octanol–water partition coefficient (Wildman–Crippen LogP) is 2.39. The summed E-state index contributed by atoms with van der Waals surface area (Å²) in [7, 11) is 2.36. The highest BCUT2D eigenvalue weighted by molar-refractivity contribution is 4.92. The maximum absolute atomic E-state index is 3.66. The van der Waals surface area contributed by atoms with Crippen molar-refractivity contribution in [2.45, 2.75) is 70.0 Å². The lowest BCUT2D eigenvalue weighted by molar-refractivity contribution is 0.154. The molecule has 15 heavy (non-hydrogen) atoms. The standard InChI is InChI=1S/C13H26N2/c1-3-14-12-9-6-10-13(12)15(2)11-7-4-5-8-11/h11-14H,3-10H2,1-2H3. The summed E-state index contributed by atoms with van der Waals surface area (Å²) in [5.41, 5.74) is 0. The molecule has 2 fully saturated rings. The van der Waals surface area contributed by atoms with Gasteiger partial charge in [-0.05, 0) is 39.3 Å². The Morgan fingerprint density at radius 1 is 1.07 bits per heavy atom. The number of likely N-dealkylation sites (N-methyl/N-ethyl adjacent to an activating group) is 2. The molecule has 0 aromatic carbocycles. The molecule has 2 heteroatoms. The average Bonchev–Trinajstić information content (AvgIpc) is 2.87. The Bertz CT molecular complexity index is 187. The van der Waals surface area contributed by atoms with Gasteiger partial charge in [-0.1, -0.05) is 26.2 Å². The molecule has 2 nitrogen and oxygen atoms in total. The van der Waals surface area contributed by atoms with E-state index in [2.05, 4.69) is 24.2 Å². The van der Waals surface area contributed by atoms with Crippen molar-refractivity contribution >= 4 is 0 Å². The Morgan fingerprint density at radius 3 is 2.47 bits per heavy atom. The molecule has 2 aliphatic rings. The van der Waals surface area contributed by atoms with Gasteiger partial charge in [0.1, 0.15) is 0 Å². The summed E-state index contributed by atoms with van der Waals surface area (Å²) in [4.78, 5) is 2.69. The molecular formula is C13H26N2. The highest BCUT2D eigenvalue weighted by Crippen LogP contribution is 2.30. The van der Waals surface area contributed by atoms with Gasteiger partial charge in [0.05, 0.1) is 0 Å². The normalized spacial score (nSPS) is 33.0. The Labute approximate surface area is 94.4 Å². The molecule has 0 aliphatic heterocycles. The van der Waals surface area contributed by atoms with Crippen LogP contribution in [-0.2, 0) is 0 Å². The zero-order valence-electron chi connectivity index (χ0n) is 10.3. The second-order valence-corrected chi connectivity index (χ2v) is 5.27. The molecule has 2 unspecified atom stereocenters. The van der Waals surface area contributed by atoms with Crippen LogP contribution in [0.2, 0.25) is 0 Å². The molecule has 2 atom stereocenters. The number of hydrogen-bond donors (Lipinski definition) is 1. The van der Waals surface area contributed by atoms with Gasteiger partial charge in [0, 0.05) is 18.1 Å². The first kappa shape index (κ1) is 11.4. The van der Waals surface area contributed by atoms with Crippen LogP contribution in [0.4, 0.5) is 0 Å². The van der Waals surface area contributed by atoms with Crippen molar-refractivity contribution in [2.24, 2.45) is 0 Å². The van der Waals surface area contributed by atoms with E-state index in [4.69, 9.17) is 0 Å². The summed E-state index contributed by atoms with van der Waals surface area (Å²) in [6.07, 6.45) is 9.98. The molecule has 0 spiro atoms. The fourth-order valence-corrected chi connectivity index (χ4v) is 3.51. The SMILES string of the molecule is CCNC1CCCC1N(C)C1CCCC1. The van der Waals surface area contributed by atoms with Crippen LogP contribution in [0.15, 0.2) is 0 Å². The summed E-state index contributed by atoms with van der Waals surface area (Å²) >= 11 is 0. The van der Waals surface area contributed by atoms with Crippen molar-refractivity contribution in [3.05, 3.63) is 0 Å². The van der Waals surface area contributed by atoms with Gasteiger partial charge >= 0.3 is 0 Å². The van der Waals surface area contributed by atoms with Crippen LogP contribution in [0.1, 0.15) is 51.9 Å². The minimum absolute atomic E-state index is 0.764. The van der Waals surface area contributed by atoms with E-state index in [0.29, 0.717) is 0 Å². The zero-order valence-corrected chi connectivity index (χ0v) is 10.3. The highest BCUT2D eigenvalue weighted by atomic mass is 15.2. The van der Waals surface area contributed by atoms with Gasteiger partial charge in [0.15, 0.2) is 0 Å². The van der Waals surface area contributed by atoms with E-state index in [1.807, 2.05) is 0 Å². The lowest BCUT2D eigenvalue weighted by atomic mass is 10.1. The van der Waals surface area contributed by atoms with E-state index >= 15 is 0 Å². The molecule has 1 N–H and O–H groups in total. The third-order valence-electron chi connectivity index (χ3n) is 4.37. The molecule has 0 aromatic rings. The molecule has 2 saturated carbocycles. The monoisotopic (exact) mass is 210 g/mol. The average molecular weight is 210 g/mol. The van der Waals surface area contributed by atoms with Gasteiger partial charge in [0.2, 0.25) is 0 Å². The van der Waals surface area contributed by atoms with Gasteiger partial charge < -0.3 is 5.32 Å². The Morgan fingerprint density at radius 2 is 1.80 bits per heavy atom. The molecule has 0 heterocycles. The van der Waals surface area contributed by atoms with Crippen LogP contribution in [0.5, 0.6) is 0 Å². The zero-order chi connectivity index (χ0) is 10.7. The van der Waals surface area contributed by atoms with Crippen LogP contribution in [0, 0.1) is 0 Å². The Hall–Kier alpha value is -0.0800. The van der Waals surface area contributed by atoms with E-state index in [1.54, 1.807) is 0 Å². The lowest BCUT2D eigenvalue weighted by Gasteiger charge is -2.34. The van der Waals surface area contributed by atoms with Crippen LogP contribution in [0.3, 0.4) is 0 Å². The largest absolute Gasteiger partial charge is 0.313 e. The third kappa shape index (κ3) is 2.54. The first-order valence-corrected chi connectivity index (χ1v) is 6.78. The van der Waals surface area contributed by atoms with Crippen molar-refractivity contribution in [3.63, 3.8) is 0 Å². The molecule has 0 aromatic heterocycles.